The van der Waals surface area contributed by atoms with Crippen molar-refractivity contribution < 1.29 is 14.4 Å². The second-order valence-electron chi connectivity index (χ2n) is 4.63. The first-order chi connectivity index (χ1) is 9.69. The Morgan fingerprint density at radius 1 is 1.30 bits per heavy atom. The molecule has 104 valence electrons. The molecule has 0 radical (unpaired) electrons. The Labute approximate surface area is 117 Å². The Hall–Kier alpha value is -2.33. The predicted molar refractivity (Wildman–Crippen MR) is 76.2 cm³/mol. The van der Waals surface area contributed by atoms with Crippen LogP contribution in [0, 0.1) is 0 Å². The summed E-state index contributed by atoms with van der Waals surface area (Å²) in [7, 11) is 0. The molecule has 0 aliphatic heterocycles. The fourth-order valence-corrected chi connectivity index (χ4v) is 1.99. The minimum Gasteiger partial charge on any atom is -0.462 e. The van der Waals surface area contributed by atoms with E-state index in [0.717, 1.165) is 12.2 Å². The molecule has 1 amide bonds. The number of benzene rings is 1. The zero-order chi connectivity index (χ0) is 14.4. The molecule has 4 nitrogen and oxygen atoms in total. The number of furan rings is 1. The van der Waals surface area contributed by atoms with Gasteiger partial charge >= 0.3 is 0 Å². The number of hydrogen-bond acceptors (Lipinski definition) is 3. The lowest BCUT2D eigenvalue weighted by Crippen LogP contribution is -2.14. The lowest BCUT2D eigenvalue weighted by atomic mass is 9.97. The molecule has 0 saturated carbocycles. The highest BCUT2D eigenvalue weighted by Gasteiger charge is 2.09. The van der Waals surface area contributed by atoms with Crippen LogP contribution in [0.3, 0.4) is 0 Å². The van der Waals surface area contributed by atoms with E-state index in [1.54, 1.807) is 6.07 Å². The van der Waals surface area contributed by atoms with Gasteiger partial charge in [0.1, 0.15) is 11.5 Å². The highest BCUT2D eigenvalue weighted by molar-refractivity contribution is 5.90. The quantitative estimate of drug-likeness (QED) is 0.499. The van der Waals surface area contributed by atoms with Crippen molar-refractivity contribution in [2.75, 3.05) is 0 Å². The summed E-state index contributed by atoms with van der Waals surface area (Å²) in [5, 5.41) is 8.38. The SMILES string of the molecule is CC(Cc1ccc(/C=C/C(=O)NO)o1)c1ccccc1. The lowest BCUT2D eigenvalue weighted by Gasteiger charge is -2.09. The standard InChI is InChI=1S/C16H17NO3/c1-12(13-5-3-2-4-6-13)11-15-8-7-14(20-15)9-10-16(18)17-19/h2-10,12,19H,11H2,1H3,(H,17,18)/b10-9+. The zero-order valence-electron chi connectivity index (χ0n) is 11.2. The van der Waals surface area contributed by atoms with Gasteiger partial charge in [-0.1, -0.05) is 37.3 Å². The Kier molecular flexibility index (Phi) is 4.74. The highest BCUT2D eigenvalue weighted by atomic mass is 16.5. The molecule has 4 heteroatoms. The van der Waals surface area contributed by atoms with Crippen LogP contribution in [0.15, 0.2) is 53.0 Å². The molecule has 0 bridgehead atoms. The Balaban J connectivity index is 1.99. The third-order valence-corrected chi connectivity index (χ3v) is 3.07. The Morgan fingerprint density at radius 3 is 2.75 bits per heavy atom. The number of rotatable bonds is 5. The average Bonchev–Trinajstić information content (AvgIpc) is 2.93. The maximum Gasteiger partial charge on any atom is 0.267 e. The van der Waals surface area contributed by atoms with Crippen LogP contribution in [0.5, 0.6) is 0 Å². The van der Waals surface area contributed by atoms with Gasteiger partial charge in [-0.05, 0) is 29.7 Å². The van der Waals surface area contributed by atoms with Gasteiger partial charge in [-0.2, -0.15) is 0 Å². The number of hydroxylamine groups is 1. The van der Waals surface area contributed by atoms with Crippen molar-refractivity contribution in [1.29, 1.82) is 0 Å². The summed E-state index contributed by atoms with van der Waals surface area (Å²) >= 11 is 0. The number of amides is 1. The first-order valence-electron chi connectivity index (χ1n) is 6.45. The van der Waals surface area contributed by atoms with Crippen LogP contribution in [-0.4, -0.2) is 11.1 Å². The van der Waals surface area contributed by atoms with E-state index in [0.29, 0.717) is 11.7 Å². The molecule has 1 unspecified atom stereocenters. The third-order valence-electron chi connectivity index (χ3n) is 3.07. The smallest absolute Gasteiger partial charge is 0.267 e. The van der Waals surface area contributed by atoms with Crippen LogP contribution in [0.1, 0.15) is 29.9 Å². The van der Waals surface area contributed by atoms with Crippen LogP contribution in [0.4, 0.5) is 0 Å². The van der Waals surface area contributed by atoms with Gasteiger partial charge in [0, 0.05) is 12.5 Å². The summed E-state index contributed by atoms with van der Waals surface area (Å²) in [6, 6.07) is 13.9. The van der Waals surface area contributed by atoms with E-state index in [4.69, 9.17) is 9.62 Å². The van der Waals surface area contributed by atoms with Crippen molar-refractivity contribution >= 4 is 12.0 Å². The fraction of sp³-hybridized carbons (Fsp3) is 0.188. The van der Waals surface area contributed by atoms with Gasteiger partial charge < -0.3 is 4.42 Å². The maximum absolute atomic E-state index is 10.9. The predicted octanol–water partition coefficient (Wildman–Crippen LogP) is 3.14. The normalized spacial score (nSPS) is 12.5. The van der Waals surface area contributed by atoms with Crippen molar-refractivity contribution in [3.63, 3.8) is 0 Å². The first kappa shape index (κ1) is 14.1. The van der Waals surface area contributed by atoms with E-state index in [2.05, 4.69) is 19.1 Å². The van der Waals surface area contributed by atoms with Crippen LogP contribution in [0.2, 0.25) is 0 Å². The number of carbonyl (C=O) groups excluding carboxylic acids is 1. The molecule has 2 N–H and O–H groups in total. The van der Waals surface area contributed by atoms with Crippen LogP contribution in [-0.2, 0) is 11.2 Å². The summed E-state index contributed by atoms with van der Waals surface area (Å²) < 4.78 is 5.62. The van der Waals surface area contributed by atoms with E-state index >= 15 is 0 Å². The van der Waals surface area contributed by atoms with E-state index in [-0.39, 0.29) is 0 Å². The zero-order valence-corrected chi connectivity index (χ0v) is 11.2. The summed E-state index contributed by atoms with van der Waals surface area (Å²) in [5.41, 5.74) is 2.79. The Bertz CT molecular complexity index is 587. The molecular weight excluding hydrogens is 254 g/mol. The minimum atomic E-state index is -0.583. The molecular formula is C16H17NO3. The third kappa shape index (κ3) is 3.83. The molecule has 2 rings (SSSR count). The van der Waals surface area contributed by atoms with Crippen molar-refractivity contribution in [1.82, 2.24) is 5.48 Å². The van der Waals surface area contributed by atoms with E-state index < -0.39 is 5.91 Å². The fourth-order valence-electron chi connectivity index (χ4n) is 1.99. The Morgan fingerprint density at radius 2 is 2.05 bits per heavy atom. The van der Waals surface area contributed by atoms with Crippen molar-refractivity contribution in [2.45, 2.75) is 19.3 Å². The molecule has 0 aliphatic rings. The maximum atomic E-state index is 10.9. The van der Waals surface area contributed by atoms with Gasteiger partial charge in [0.05, 0.1) is 0 Å². The molecule has 1 aromatic heterocycles. The second-order valence-corrected chi connectivity index (χ2v) is 4.63. The van der Waals surface area contributed by atoms with Gasteiger partial charge in [0.25, 0.3) is 5.91 Å². The lowest BCUT2D eigenvalue weighted by molar-refractivity contribution is -0.124. The van der Waals surface area contributed by atoms with Crippen molar-refractivity contribution in [3.8, 4) is 0 Å². The van der Waals surface area contributed by atoms with E-state index in [9.17, 15) is 4.79 Å². The summed E-state index contributed by atoms with van der Waals surface area (Å²) in [6.45, 7) is 2.15. The van der Waals surface area contributed by atoms with Crippen molar-refractivity contribution in [2.24, 2.45) is 0 Å². The number of carbonyl (C=O) groups is 1. The van der Waals surface area contributed by atoms with Crippen molar-refractivity contribution in [3.05, 3.63) is 65.6 Å². The molecule has 2 aromatic rings. The van der Waals surface area contributed by atoms with Crippen LogP contribution < -0.4 is 5.48 Å². The van der Waals surface area contributed by atoms with Gasteiger partial charge in [0.2, 0.25) is 0 Å². The summed E-state index contributed by atoms with van der Waals surface area (Å²) in [6.07, 6.45) is 3.52. The topological polar surface area (TPSA) is 62.5 Å². The van der Waals surface area contributed by atoms with E-state index in [1.165, 1.54) is 23.2 Å². The molecule has 20 heavy (non-hydrogen) atoms. The molecule has 0 aliphatic carbocycles. The van der Waals surface area contributed by atoms with Crippen LogP contribution >= 0.6 is 0 Å². The monoisotopic (exact) mass is 271 g/mol. The molecule has 1 aromatic carbocycles. The number of hydrogen-bond donors (Lipinski definition) is 2. The minimum absolute atomic E-state index is 0.361. The average molecular weight is 271 g/mol. The second kappa shape index (κ2) is 6.73. The molecule has 0 saturated heterocycles. The molecule has 1 heterocycles. The first-order valence-corrected chi connectivity index (χ1v) is 6.45. The molecule has 1 atom stereocenters. The molecule has 0 fully saturated rings. The largest absolute Gasteiger partial charge is 0.462 e. The van der Waals surface area contributed by atoms with E-state index in [1.807, 2.05) is 24.3 Å². The number of nitrogens with one attached hydrogen (secondary N) is 1. The van der Waals surface area contributed by atoms with Gasteiger partial charge in [-0.3, -0.25) is 10.0 Å². The van der Waals surface area contributed by atoms with Gasteiger partial charge in [-0.15, -0.1) is 0 Å². The van der Waals surface area contributed by atoms with Gasteiger partial charge in [-0.25, -0.2) is 5.48 Å². The van der Waals surface area contributed by atoms with Gasteiger partial charge in [0.15, 0.2) is 0 Å². The highest BCUT2D eigenvalue weighted by Crippen LogP contribution is 2.21. The summed E-state index contributed by atoms with van der Waals surface area (Å²) in [4.78, 5) is 10.9. The summed E-state index contributed by atoms with van der Waals surface area (Å²) in [5.74, 6) is 1.23. The molecule has 0 spiro atoms. The van der Waals surface area contributed by atoms with Crippen LogP contribution in [0.25, 0.3) is 6.08 Å².